The fraction of sp³-hybridized carbons (Fsp3) is 0.368. The predicted molar refractivity (Wildman–Crippen MR) is 116 cm³/mol. The van der Waals surface area contributed by atoms with Gasteiger partial charge in [0.25, 0.3) is 5.69 Å². The Labute approximate surface area is 184 Å². The Hall–Kier alpha value is -1.83. The molecular weight excluding hydrogens is 454 g/mol. The number of nitrogens with zero attached hydrogens (tertiary/aromatic N) is 1. The van der Waals surface area contributed by atoms with Gasteiger partial charge in [-0.3, -0.25) is 14.7 Å². The highest BCUT2D eigenvalue weighted by Crippen LogP contribution is 2.65. The molecule has 0 radical (unpaired) electrons. The monoisotopic (exact) mass is 474 g/mol. The van der Waals surface area contributed by atoms with Gasteiger partial charge in [-0.25, -0.2) is 0 Å². The summed E-state index contributed by atoms with van der Waals surface area (Å²) in [4.78, 5) is 10.4. The molecule has 0 aromatic heterocycles. The average Bonchev–Trinajstić information content (AvgIpc) is 2.68. The minimum Gasteiger partial charge on any atom is -0.495 e. The number of nitro benzene ring substituents is 1. The maximum atomic E-state index is 13.7. The summed E-state index contributed by atoms with van der Waals surface area (Å²) in [6, 6.07) is 8.76. The lowest BCUT2D eigenvalue weighted by molar-refractivity contribution is -0.384. The van der Waals surface area contributed by atoms with Crippen LogP contribution >= 0.6 is 30.8 Å². The number of ether oxygens (including phenoxy) is 1. The van der Waals surface area contributed by atoms with Crippen molar-refractivity contribution >= 4 is 42.2 Å². The van der Waals surface area contributed by atoms with E-state index in [1.54, 1.807) is 6.07 Å². The summed E-state index contributed by atoms with van der Waals surface area (Å²) in [5.41, 5.74) is 0.480. The highest BCUT2D eigenvalue weighted by atomic mass is 35.5. The summed E-state index contributed by atoms with van der Waals surface area (Å²) in [6.45, 7) is 4.32. The molecule has 3 rings (SSSR count). The Morgan fingerprint density at radius 3 is 2.33 bits per heavy atom. The molecule has 2 aromatic rings. The van der Waals surface area contributed by atoms with Crippen molar-refractivity contribution < 1.29 is 23.3 Å². The Bertz CT molecular complexity index is 985. The van der Waals surface area contributed by atoms with Crippen LogP contribution in [-0.2, 0) is 13.6 Å². The SMILES string of the molecule is COc1c(Cl)cc(Cl)cc1[C@@H](Nc1ccc([N+](=O)[O-])cc1)P1(=O)OCC(C)(C)CO1. The summed E-state index contributed by atoms with van der Waals surface area (Å²) < 4.78 is 30.6. The summed E-state index contributed by atoms with van der Waals surface area (Å²) >= 11 is 12.5. The standard InChI is InChI=1S/C19H21Cl2N2O6P/c1-19(2)10-28-30(26,29-11-19)18(15-8-12(20)9-16(21)17(15)27-3)22-13-4-6-14(7-5-13)23(24)25/h4-9,18,22H,10-11H2,1-3H3/t18-/m0/s1. The van der Waals surface area contributed by atoms with Gasteiger partial charge >= 0.3 is 7.60 Å². The van der Waals surface area contributed by atoms with Crippen molar-refractivity contribution in [3.63, 3.8) is 0 Å². The van der Waals surface area contributed by atoms with Gasteiger partial charge in [-0.1, -0.05) is 37.0 Å². The molecule has 0 spiro atoms. The molecule has 11 heteroatoms. The van der Waals surface area contributed by atoms with Gasteiger partial charge in [0.2, 0.25) is 0 Å². The third-order valence-corrected chi connectivity index (χ3v) is 7.02. The number of rotatable bonds is 6. The number of anilines is 1. The Morgan fingerprint density at radius 1 is 1.20 bits per heavy atom. The molecule has 2 aromatic carbocycles. The number of hydrogen-bond donors (Lipinski definition) is 1. The number of nitrogens with one attached hydrogen (secondary N) is 1. The first-order chi connectivity index (χ1) is 14.0. The van der Waals surface area contributed by atoms with E-state index in [9.17, 15) is 14.7 Å². The lowest BCUT2D eigenvalue weighted by atomic mass is 9.97. The second-order valence-corrected chi connectivity index (χ2v) is 10.6. The molecule has 1 saturated heterocycles. The van der Waals surface area contributed by atoms with Crippen LogP contribution in [0.4, 0.5) is 11.4 Å². The Morgan fingerprint density at radius 2 is 1.80 bits per heavy atom. The first kappa shape index (κ1) is 22.8. The van der Waals surface area contributed by atoms with E-state index < -0.39 is 18.3 Å². The maximum Gasteiger partial charge on any atom is 0.357 e. The first-order valence-corrected chi connectivity index (χ1v) is 11.3. The van der Waals surface area contributed by atoms with Crippen LogP contribution in [0.25, 0.3) is 0 Å². The fourth-order valence-corrected chi connectivity index (χ4v) is 5.78. The lowest BCUT2D eigenvalue weighted by Crippen LogP contribution is -2.32. The molecule has 162 valence electrons. The number of halogens is 2. The normalized spacial score (nSPS) is 18.4. The third kappa shape index (κ3) is 4.90. The number of benzene rings is 2. The van der Waals surface area contributed by atoms with E-state index in [4.69, 9.17) is 37.0 Å². The zero-order chi connectivity index (χ0) is 22.1. The van der Waals surface area contributed by atoms with E-state index in [-0.39, 0.29) is 35.1 Å². The lowest BCUT2D eigenvalue weighted by Gasteiger charge is -2.38. The Balaban J connectivity index is 2.06. The molecule has 1 aliphatic heterocycles. The number of methoxy groups -OCH3 is 1. The quantitative estimate of drug-likeness (QED) is 0.298. The van der Waals surface area contributed by atoms with Gasteiger partial charge in [0.15, 0.2) is 5.78 Å². The van der Waals surface area contributed by atoms with Crippen LogP contribution in [0.15, 0.2) is 36.4 Å². The molecule has 0 bridgehead atoms. The van der Waals surface area contributed by atoms with E-state index in [2.05, 4.69) is 5.32 Å². The summed E-state index contributed by atoms with van der Waals surface area (Å²) in [5.74, 6) is -0.742. The minimum atomic E-state index is -3.74. The molecule has 1 heterocycles. The summed E-state index contributed by atoms with van der Waals surface area (Å²) in [7, 11) is -2.31. The first-order valence-electron chi connectivity index (χ1n) is 8.97. The molecule has 30 heavy (non-hydrogen) atoms. The van der Waals surface area contributed by atoms with Crippen LogP contribution in [0.5, 0.6) is 5.75 Å². The third-order valence-electron chi connectivity index (χ3n) is 4.50. The van der Waals surface area contributed by atoms with E-state index >= 15 is 0 Å². The smallest absolute Gasteiger partial charge is 0.357 e. The van der Waals surface area contributed by atoms with Crippen LogP contribution in [0.3, 0.4) is 0 Å². The zero-order valence-corrected chi connectivity index (χ0v) is 19.0. The van der Waals surface area contributed by atoms with Gasteiger partial charge in [0.05, 0.1) is 30.3 Å². The molecule has 0 aliphatic carbocycles. The second kappa shape index (κ2) is 8.73. The van der Waals surface area contributed by atoms with Crippen LogP contribution in [0.2, 0.25) is 10.0 Å². The topological polar surface area (TPSA) is 99.9 Å². The van der Waals surface area contributed by atoms with Crippen molar-refractivity contribution in [2.24, 2.45) is 5.41 Å². The van der Waals surface area contributed by atoms with Gasteiger partial charge in [0.1, 0.15) is 5.75 Å². The van der Waals surface area contributed by atoms with Gasteiger partial charge in [0, 0.05) is 33.8 Å². The molecule has 0 unspecified atom stereocenters. The molecule has 1 aliphatic rings. The van der Waals surface area contributed by atoms with E-state index in [0.717, 1.165) is 0 Å². The number of hydrogen-bond acceptors (Lipinski definition) is 7. The van der Waals surface area contributed by atoms with Gasteiger partial charge in [-0.05, 0) is 24.3 Å². The van der Waals surface area contributed by atoms with Crippen molar-refractivity contribution in [1.29, 1.82) is 0 Å². The average molecular weight is 475 g/mol. The number of non-ortho nitro benzene ring substituents is 1. The summed E-state index contributed by atoms with van der Waals surface area (Å²) in [5, 5.41) is 14.6. The van der Waals surface area contributed by atoms with Crippen LogP contribution < -0.4 is 10.1 Å². The highest BCUT2D eigenvalue weighted by Gasteiger charge is 2.45. The molecule has 1 atom stereocenters. The fourth-order valence-electron chi connectivity index (χ4n) is 2.92. The van der Waals surface area contributed by atoms with Crippen LogP contribution in [0.1, 0.15) is 25.2 Å². The Kier molecular flexibility index (Phi) is 6.65. The van der Waals surface area contributed by atoms with Gasteiger partial charge in [-0.2, -0.15) is 0 Å². The van der Waals surface area contributed by atoms with Crippen molar-refractivity contribution in [3.05, 3.63) is 62.1 Å². The summed E-state index contributed by atoms with van der Waals surface area (Å²) in [6.07, 6.45) is 0. The molecule has 0 saturated carbocycles. The van der Waals surface area contributed by atoms with Crippen LogP contribution in [0, 0.1) is 15.5 Å². The van der Waals surface area contributed by atoms with Crippen molar-refractivity contribution in [2.75, 3.05) is 25.6 Å². The molecule has 1 fully saturated rings. The molecule has 8 nitrogen and oxygen atoms in total. The van der Waals surface area contributed by atoms with E-state index in [0.29, 0.717) is 16.3 Å². The molecular formula is C19H21Cl2N2O6P. The molecule has 1 N–H and O–H groups in total. The predicted octanol–water partition coefficient (Wildman–Crippen LogP) is 6.29. The van der Waals surface area contributed by atoms with Crippen molar-refractivity contribution in [2.45, 2.75) is 19.6 Å². The second-order valence-electron chi connectivity index (χ2n) is 7.61. The van der Waals surface area contributed by atoms with E-state index in [1.807, 2.05) is 13.8 Å². The maximum absolute atomic E-state index is 13.7. The minimum absolute atomic E-state index is 0.0703. The van der Waals surface area contributed by atoms with Gasteiger partial charge in [-0.15, -0.1) is 0 Å². The molecule has 0 amide bonds. The van der Waals surface area contributed by atoms with E-state index in [1.165, 1.54) is 37.4 Å². The highest BCUT2D eigenvalue weighted by molar-refractivity contribution is 7.54. The largest absolute Gasteiger partial charge is 0.495 e. The number of nitro groups is 1. The van der Waals surface area contributed by atoms with Crippen LogP contribution in [-0.4, -0.2) is 25.2 Å². The zero-order valence-electron chi connectivity index (χ0n) is 16.6. The van der Waals surface area contributed by atoms with Gasteiger partial charge < -0.3 is 19.1 Å². The van der Waals surface area contributed by atoms with Crippen molar-refractivity contribution in [1.82, 2.24) is 0 Å². The van der Waals surface area contributed by atoms with Crippen molar-refractivity contribution in [3.8, 4) is 5.75 Å².